The van der Waals surface area contributed by atoms with Crippen LogP contribution in [0.25, 0.3) is 0 Å². The van der Waals surface area contributed by atoms with E-state index in [9.17, 15) is 10.1 Å². The van der Waals surface area contributed by atoms with E-state index in [2.05, 4.69) is 17.3 Å². The quantitative estimate of drug-likeness (QED) is 0.443. The molecule has 7 heteroatoms. The van der Waals surface area contributed by atoms with Gasteiger partial charge in [-0.2, -0.15) is 0 Å². The van der Waals surface area contributed by atoms with Crippen molar-refractivity contribution in [2.24, 2.45) is 5.84 Å². The number of nitro groups is 1. The molecule has 94 valence electrons. The average Bonchev–Trinajstić information content (AvgIpc) is 2.35. The zero-order valence-corrected chi connectivity index (χ0v) is 10.0. The summed E-state index contributed by atoms with van der Waals surface area (Å²) in [5, 5.41) is 10.7. The molecule has 0 fully saturated rings. The number of hydrogen-bond donors (Lipinski definition) is 2. The number of hydrogen-bond acceptors (Lipinski definition) is 6. The molecular formula is C10H17N5O2. The first-order valence-electron chi connectivity index (χ1n) is 5.42. The van der Waals surface area contributed by atoms with Gasteiger partial charge in [0.15, 0.2) is 0 Å². The molecule has 0 saturated carbocycles. The van der Waals surface area contributed by atoms with E-state index >= 15 is 0 Å². The van der Waals surface area contributed by atoms with Crippen molar-refractivity contribution in [2.45, 2.75) is 19.8 Å². The number of nitrogen functional groups attached to an aromatic ring is 1. The van der Waals surface area contributed by atoms with Crippen LogP contribution in [0.2, 0.25) is 0 Å². The number of pyridine rings is 1. The summed E-state index contributed by atoms with van der Waals surface area (Å²) in [4.78, 5) is 16.3. The molecule has 0 unspecified atom stereocenters. The highest BCUT2D eigenvalue weighted by Gasteiger charge is 2.13. The Bertz CT molecular complexity index is 396. The second-order valence-corrected chi connectivity index (χ2v) is 3.75. The van der Waals surface area contributed by atoms with Crippen molar-refractivity contribution in [3.63, 3.8) is 0 Å². The Morgan fingerprint density at radius 2 is 2.29 bits per heavy atom. The molecule has 0 saturated heterocycles. The predicted octanol–water partition coefficient (Wildman–Crippen LogP) is 1.51. The molecule has 0 atom stereocenters. The Morgan fingerprint density at radius 1 is 1.59 bits per heavy atom. The average molecular weight is 239 g/mol. The van der Waals surface area contributed by atoms with Gasteiger partial charge in [-0.15, -0.1) is 0 Å². The first-order chi connectivity index (χ1) is 8.08. The van der Waals surface area contributed by atoms with Crippen molar-refractivity contribution in [2.75, 3.05) is 23.9 Å². The van der Waals surface area contributed by atoms with Crippen LogP contribution in [0, 0.1) is 10.1 Å². The molecule has 0 radical (unpaired) electrons. The third kappa shape index (κ3) is 3.56. The van der Waals surface area contributed by atoms with Crippen LogP contribution in [-0.4, -0.2) is 23.5 Å². The maximum Gasteiger partial charge on any atom is 0.276 e. The van der Waals surface area contributed by atoms with Crippen LogP contribution in [0.4, 0.5) is 17.3 Å². The third-order valence-electron chi connectivity index (χ3n) is 2.39. The topological polar surface area (TPSA) is 97.3 Å². The van der Waals surface area contributed by atoms with Crippen molar-refractivity contribution in [1.29, 1.82) is 0 Å². The molecule has 17 heavy (non-hydrogen) atoms. The van der Waals surface area contributed by atoms with Crippen LogP contribution >= 0.6 is 0 Å². The highest BCUT2D eigenvalue weighted by Crippen LogP contribution is 2.22. The van der Waals surface area contributed by atoms with Gasteiger partial charge in [0, 0.05) is 13.6 Å². The van der Waals surface area contributed by atoms with Crippen molar-refractivity contribution < 1.29 is 4.92 Å². The normalized spacial score (nSPS) is 10.1. The Hall–Kier alpha value is -1.89. The molecule has 0 aliphatic heterocycles. The summed E-state index contributed by atoms with van der Waals surface area (Å²) in [5.41, 5.74) is 2.31. The number of unbranched alkanes of at least 4 members (excludes halogenated alkanes) is 1. The molecule has 1 heterocycles. The van der Waals surface area contributed by atoms with Gasteiger partial charge < -0.3 is 10.3 Å². The number of nitrogens with two attached hydrogens (primary N) is 1. The summed E-state index contributed by atoms with van der Waals surface area (Å²) in [6.45, 7) is 2.89. The lowest BCUT2D eigenvalue weighted by molar-refractivity contribution is -0.384. The van der Waals surface area contributed by atoms with Gasteiger partial charge in [-0.25, -0.2) is 10.8 Å². The van der Waals surface area contributed by atoms with E-state index in [0.29, 0.717) is 5.82 Å². The fraction of sp³-hybridized carbons (Fsp3) is 0.500. The molecular weight excluding hydrogens is 222 g/mol. The number of anilines is 2. The van der Waals surface area contributed by atoms with Gasteiger partial charge in [0.1, 0.15) is 11.6 Å². The molecule has 0 bridgehead atoms. The molecule has 0 spiro atoms. The van der Waals surface area contributed by atoms with Gasteiger partial charge in [0.05, 0.1) is 17.1 Å². The van der Waals surface area contributed by atoms with Gasteiger partial charge in [-0.1, -0.05) is 13.3 Å². The third-order valence-corrected chi connectivity index (χ3v) is 2.39. The van der Waals surface area contributed by atoms with Crippen LogP contribution < -0.4 is 16.2 Å². The van der Waals surface area contributed by atoms with Crippen LogP contribution in [0.15, 0.2) is 12.1 Å². The molecule has 1 rings (SSSR count). The SMILES string of the molecule is CCCCN(C)c1cc([N+](=O)[O-])cc(NN)n1. The summed E-state index contributed by atoms with van der Waals surface area (Å²) in [7, 11) is 1.85. The second-order valence-electron chi connectivity index (χ2n) is 3.75. The maximum atomic E-state index is 10.7. The summed E-state index contributed by atoms with van der Waals surface area (Å²) < 4.78 is 0. The molecule has 0 aromatic carbocycles. The molecule has 7 nitrogen and oxygen atoms in total. The van der Waals surface area contributed by atoms with Crippen molar-refractivity contribution in [3.8, 4) is 0 Å². The summed E-state index contributed by atoms with van der Waals surface area (Å²) >= 11 is 0. The molecule has 0 aliphatic carbocycles. The van der Waals surface area contributed by atoms with E-state index in [-0.39, 0.29) is 11.5 Å². The Kier molecular flexibility index (Phi) is 4.65. The van der Waals surface area contributed by atoms with Crippen molar-refractivity contribution in [1.82, 2.24) is 4.98 Å². The Balaban J connectivity index is 2.97. The van der Waals surface area contributed by atoms with E-state index in [1.807, 2.05) is 11.9 Å². The number of hydrazine groups is 1. The monoisotopic (exact) mass is 239 g/mol. The van der Waals surface area contributed by atoms with Crippen LogP contribution in [0.1, 0.15) is 19.8 Å². The summed E-state index contributed by atoms with van der Waals surface area (Å²) in [6.07, 6.45) is 2.06. The standard InChI is InChI=1S/C10H17N5O2/c1-3-4-5-14(2)10-7-8(15(16)17)6-9(12-10)13-11/h6-7H,3-5,11H2,1-2H3,(H,12,13). The molecule has 3 N–H and O–H groups in total. The van der Waals surface area contributed by atoms with Crippen molar-refractivity contribution >= 4 is 17.3 Å². The number of rotatable bonds is 6. The van der Waals surface area contributed by atoms with Gasteiger partial charge in [0.2, 0.25) is 0 Å². The lowest BCUT2D eigenvalue weighted by Crippen LogP contribution is -2.20. The smallest absolute Gasteiger partial charge is 0.276 e. The van der Waals surface area contributed by atoms with E-state index in [4.69, 9.17) is 5.84 Å². The fourth-order valence-corrected chi connectivity index (χ4v) is 1.39. The summed E-state index contributed by atoms with van der Waals surface area (Å²) in [5.74, 6) is 6.07. The van der Waals surface area contributed by atoms with Gasteiger partial charge >= 0.3 is 0 Å². The molecule has 1 aromatic heterocycles. The first kappa shape index (κ1) is 13.2. The van der Waals surface area contributed by atoms with Gasteiger partial charge in [0.25, 0.3) is 5.69 Å². The lowest BCUT2D eigenvalue weighted by atomic mass is 10.3. The number of nitrogens with one attached hydrogen (secondary N) is 1. The van der Waals surface area contributed by atoms with Crippen LogP contribution in [-0.2, 0) is 0 Å². The maximum absolute atomic E-state index is 10.7. The van der Waals surface area contributed by atoms with E-state index in [1.165, 1.54) is 12.1 Å². The highest BCUT2D eigenvalue weighted by molar-refractivity contribution is 5.55. The highest BCUT2D eigenvalue weighted by atomic mass is 16.6. The molecule has 0 aliphatic rings. The predicted molar refractivity (Wildman–Crippen MR) is 66.9 cm³/mol. The minimum absolute atomic E-state index is 0.0219. The van der Waals surface area contributed by atoms with E-state index < -0.39 is 4.92 Å². The zero-order chi connectivity index (χ0) is 12.8. The minimum atomic E-state index is -0.459. The van der Waals surface area contributed by atoms with Crippen LogP contribution in [0.5, 0.6) is 0 Å². The van der Waals surface area contributed by atoms with Crippen molar-refractivity contribution in [3.05, 3.63) is 22.2 Å². The Morgan fingerprint density at radius 3 is 2.82 bits per heavy atom. The first-order valence-corrected chi connectivity index (χ1v) is 5.42. The zero-order valence-electron chi connectivity index (χ0n) is 10.0. The Labute approximate surface area is 99.7 Å². The van der Waals surface area contributed by atoms with Gasteiger partial charge in [-0.05, 0) is 6.42 Å². The van der Waals surface area contributed by atoms with E-state index in [0.717, 1.165) is 19.4 Å². The van der Waals surface area contributed by atoms with Gasteiger partial charge in [-0.3, -0.25) is 10.1 Å². The lowest BCUT2D eigenvalue weighted by Gasteiger charge is -2.18. The molecule has 1 aromatic rings. The van der Waals surface area contributed by atoms with E-state index in [1.54, 1.807) is 0 Å². The summed E-state index contributed by atoms with van der Waals surface area (Å²) in [6, 6.07) is 2.74. The van der Waals surface area contributed by atoms with Crippen LogP contribution in [0.3, 0.4) is 0 Å². The number of nitrogens with zero attached hydrogens (tertiary/aromatic N) is 3. The molecule has 0 amide bonds. The minimum Gasteiger partial charge on any atom is -0.359 e. The largest absolute Gasteiger partial charge is 0.359 e. The fourth-order valence-electron chi connectivity index (χ4n) is 1.39. The second kappa shape index (κ2) is 6.00. The number of aromatic nitrogens is 1.